The van der Waals surface area contributed by atoms with Gasteiger partial charge in [0.05, 0.1) is 16.1 Å². The molecule has 26 heavy (non-hydrogen) atoms. The number of carbonyl (C=O) groups is 1. The largest absolute Gasteiger partial charge is 0.285 e. The van der Waals surface area contributed by atoms with E-state index in [1.54, 1.807) is 42.6 Å². The van der Waals surface area contributed by atoms with Crippen molar-refractivity contribution >= 4 is 32.5 Å². The van der Waals surface area contributed by atoms with Crippen LogP contribution in [-0.4, -0.2) is 18.9 Å². The van der Waals surface area contributed by atoms with E-state index in [9.17, 15) is 13.2 Å². The normalized spacial score (nSPS) is 12.3. The molecule has 0 atom stereocenters. The average molecular weight is 370 g/mol. The van der Waals surface area contributed by atoms with Crippen LogP contribution in [0.1, 0.15) is 31.1 Å². The van der Waals surface area contributed by atoms with Crippen molar-refractivity contribution < 1.29 is 13.2 Å². The average Bonchev–Trinajstić information content (AvgIpc) is 2.98. The number of para-hydroxylation sites is 1. The van der Waals surface area contributed by atoms with Crippen molar-refractivity contribution in [2.75, 3.05) is 4.72 Å². The first kappa shape index (κ1) is 18.2. The van der Waals surface area contributed by atoms with Gasteiger partial charge in [-0.3, -0.25) is 14.1 Å². The number of carbonyl (C=O) groups excluding carboxylic acids is 1. The summed E-state index contributed by atoms with van der Waals surface area (Å²) in [6, 6.07) is 13.7. The van der Waals surface area contributed by atoms with Gasteiger partial charge in [0.25, 0.3) is 10.0 Å². The summed E-state index contributed by atoms with van der Waals surface area (Å²) in [5.41, 5.74) is 1.33. The van der Waals surface area contributed by atoms with E-state index in [0.29, 0.717) is 11.2 Å². The summed E-state index contributed by atoms with van der Waals surface area (Å²) in [6.45, 7) is 7.40. The zero-order valence-electron chi connectivity index (χ0n) is 15.3. The van der Waals surface area contributed by atoms with E-state index in [0.717, 1.165) is 10.9 Å². The molecule has 0 spiro atoms. The van der Waals surface area contributed by atoms with Gasteiger partial charge in [0.2, 0.25) is 5.91 Å². The summed E-state index contributed by atoms with van der Waals surface area (Å²) in [5.74, 6) is -0.102. The van der Waals surface area contributed by atoms with E-state index >= 15 is 0 Å². The molecule has 0 radical (unpaired) electrons. The van der Waals surface area contributed by atoms with Gasteiger partial charge >= 0.3 is 0 Å². The predicted octanol–water partition coefficient (Wildman–Crippen LogP) is 4.44. The third-order valence-corrected chi connectivity index (χ3v) is 5.53. The molecule has 0 saturated carbocycles. The summed E-state index contributed by atoms with van der Waals surface area (Å²) in [6.07, 6.45) is 1.68. The van der Waals surface area contributed by atoms with Gasteiger partial charge in [-0.25, -0.2) is 8.42 Å². The maximum absolute atomic E-state index is 12.8. The lowest BCUT2D eigenvalue weighted by molar-refractivity contribution is 0.0773. The third kappa shape index (κ3) is 3.37. The number of sulfonamides is 1. The van der Waals surface area contributed by atoms with Crippen LogP contribution in [0.5, 0.6) is 0 Å². The molecule has 0 bridgehead atoms. The van der Waals surface area contributed by atoms with Gasteiger partial charge < -0.3 is 0 Å². The number of nitrogens with one attached hydrogen (secondary N) is 1. The molecular formula is C20H22N2O3S. The number of aryl methyl sites for hydroxylation is 1. The van der Waals surface area contributed by atoms with Crippen molar-refractivity contribution in [1.29, 1.82) is 0 Å². The molecule has 0 aliphatic rings. The Balaban J connectivity index is 2.10. The monoisotopic (exact) mass is 370 g/mol. The number of hydrogen-bond acceptors (Lipinski definition) is 3. The number of benzene rings is 2. The smallest absolute Gasteiger partial charge is 0.261 e. The van der Waals surface area contributed by atoms with Crippen LogP contribution in [0.15, 0.2) is 59.6 Å². The second-order valence-electron chi connectivity index (χ2n) is 7.40. The second-order valence-corrected chi connectivity index (χ2v) is 9.09. The van der Waals surface area contributed by atoms with Crippen LogP contribution >= 0.6 is 0 Å². The Morgan fingerprint density at radius 2 is 1.65 bits per heavy atom. The topological polar surface area (TPSA) is 68.2 Å². The fourth-order valence-corrected chi connectivity index (χ4v) is 3.79. The zero-order valence-corrected chi connectivity index (χ0v) is 16.1. The second kappa shape index (κ2) is 6.29. The summed E-state index contributed by atoms with van der Waals surface area (Å²) < 4.78 is 29.6. The van der Waals surface area contributed by atoms with Gasteiger partial charge in [-0.1, -0.05) is 50.6 Å². The Labute approximate surface area is 153 Å². The standard InChI is InChI=1S/C20H22N2O3S/c1-14-8-10-16(11-9-14)26(24,25)21-17-7-5-6-15-12-13-22(18(15)17)19(23)20(2,3)4/h5-13,21H,1-4H3. The minimum atomic E-state index is -3.75. The van der Waals surface area contributed by atoms with Crippen LogP contribution < -0.4 is 4.72 Å². The van der Waals surface area contributed by atoms with E-state index in [-0.39, 0.29) is 10.8 Å². The Hall–Kier alpha value is -2.60. The van der Waals surface area contributed by atoms with Crippen LogP contribution in [0.2, 0.25) is 0 Å². The SMILES string of the molecule is Cc1ccc(S(=O)(=O)Nc2cccc3ccn(C(=O)C(C)(C)C)c23)cc1. The summed E-state index contributed by atoms with van der Waals surface area (Å²) in [4.78, 5) is 12.9. The van der Waals surface area contributed by atoms with Gasteiger partial charge in [0.1, 0.15) is 0 Å². The highest BCUT2D eigenvalue weighted by atomic mass is 32.2. The first-order valence-corrected chi connectivity index (χ1v) is 9.82. The molecule has 1 aromatic heterocycles. The van der Waals surface area contributed by atoms with Crippen molar-refractivity contribution in [3.63, 3.8) is 0 Å². The Morgan fingerprint density at radius 3 is 2.27 bits per heavy atom. The van der Waals surface area contributed by atoms with Crippen molar-refractivity contribution in [1.82, 2.24) is 4.57 Å². The highest BCUT2D eigenvalue weighted by molar-refractivity contribution is 7.92. The highest BCUT2D eigenvalue weighted by Gasteiger charge is 2.25. The van der Waals surface area contributed by atoms with Gasteiger partial charge in [0, 0.05) is 17.0 Å². The van der Waals surface area contributed by atoms with Crippen molar-refractivity contribution in [3.8, 4) is 0 Å². The van der Waals surface area contributed by atoms with Crippen LogP contribution in [0.25, 0.3) is 10.9 Å². The van der Waals surface area contributed by atoms with E-state index in [2.05, 4.69) is 4.72 Å². The minimum Gasteiger partial charge on any atom is -0.285 e. The van der Waals surface area contributed by atoms with Crippen molar-refractivity contribution in [2.24, 2.45) is 5.41 Å². The molecule has 0 aliphatic carbocycles. The molecule has 5 nitrogen and oxygen atoms in total. The molecule has 3 aromatic rings. The van der Waals surface area contributed by atoms with Crippen LogP contribution in [-0.2, 0) is 10.0 Å². The third-order valence-electron chi connectivity index (χ3n) is 4.15. The van der Waals surface area contributed by atoms with Crippen LogP contribution in [0.3, 0.4) is 0 Å². The number of rotatable bonds is 3. The van der Waals surface area contributed by atoms with Gasteiger partial charge in [-0.15, -0.1) is 0 Å². The molecular weight excluding hydrogens is 348 g/mol. The molecule has 0 saturated heterocycles. The van der Waals surface area contributed by atoms with Gasteiger partial charge in [-0.2, -0.15) is 0 Å². The van der Waals surface area contributed by atoms with E-state index in [1.165, 1.54) is 4.57 Å². The Morgan fingerprint density at radius 1 is 1.00 bits per heavy atom. The highest BCUT2D eigenvalue weighted by Crippen LogP contribution is 2.29. The molecule has 6 heteroatoms. The first-order valence-electron chi connectivity index (χ1n) is 8.34. The number of anilines is 1. The molecule has 136 valence electrons. The lowest BCUT2D eigenvalue weighted by Crippen LogP contribution is -2.26. The summed E-state index contributed by atoms with van der Waals surface area (Å²) in [5, 5.41) is 0.798. The van der Waals surface area contributed by atoms with E-state index < -0.39 is 15.4 Å². The number of fused-ring (bicyclic) bond motifs is 1. The number of hydrogen-bond donors (Lipinski definition) is 1. The quantitative estimate of drug-likeness (QED) is 0.741. The molecule has 0 fully saturated rings. The zero-order chi connectivity index (χ0) is 19.1. The van der Waals surface area contributed by atoms with Crippen molar-refractivity contribution in [2.45, 2.75) is 32.6 Å². The molecule has 0 unspecified atom stereocenters. The lowest BCUT2D eigenvalue weighted by atomic mass is 9.95. The lowest BCUT2D eigenvalue weighted by Gasteiger charge is -2.19. The van der Waals surface area contributed by atoms with Gasteiger partial charge in [0.15, 0.2) is 0 Å². The van der Waals surface area contributed by atoms with Gasteiger partial charge in [-0.05, 0) is 31.2 Å². The van der Waals surface area contributed by atoms with E-state index in [1.807, 2.05) is 39.8 Å². The van der Waals surface area contributed by atoms with Crippen LogP contribution in [0.4, 0.5) is 5.69 Å². The Bertz CT molecular complexity index is 1070. The van der Waals surface area contributed by atoms with Crippen LogP contribution in [0, 0.1) is 12.3 Å². The minimum absolute atomic E-state index is 0.102. The predicted molar refractivity (Wildman–Crippen MR) is 104 cm³/mol. The Kier molecular flexibility index (Phi) is 4.40. The number of nitrogens with zero attached hydrogens (tertiary/aromatic N) is 1. The first-order chi connectivity index (χ1) is 12.1. The molecule has 0 aliphatic heterocycles. The maximum Gasteiger partial charge on any atom is 0.261 e. The summed E-state index contributed by atoms with van der Waals surface area (Å²) in [7, 11) is -3.75. The molecule has 0 amide bonds. The van der Waals surface area contributed by atoms with Crippen molar-refractivity contribution in [3.05, 3.63) is 60.3 Å². The number of aromatic nitrogens is 1. The van der Waals surface area contributed by atoms with E-state index in [4.69, 9.17) is 0 Å². The molecule has 2 aromatic carbocycles. The molecule has 1 heterocycles. The fraction of sp³-hybridized carbons (Fsp3) is 0.250. The maximum atomic E-state index is 12.8. The molecule has 3 rings (SSSR count). The fourth-order valence-electron chi connectivity index (χ4n) is 2.73. The summed E-state index contributed by atoms with van der Waals surface area (Å²) >= 11 is 0. The molecule has 1 N–H and O–H groups in total.